The van der Waals surface area contributed by atoms with E-state index in [2.05, 4.69) is 25.3 Å². The first-order chi connectivity index (χ1) is 12.5. The number of anilines is 1. The van der Waals surface area contributed by atoms with E-state index >= 15 is 0 Å². The summed E-state index contributed by atoms with van der Waals surface area (Å²) >= 11 is 6.01. The van der Waals surface area contributed by atoms with Gasteiger partial charge < -0.3 is 15.0 Å². The van der Waals surface area contributed by atoms with E-state index in [1.54, 1.807) is 19.2 Å². The van der Waals surface area contributed by atoms with Gasteiger partial charge in [-0.25, -0.2) is 19.3 Å². The number of nitrogens with zero attached hydrogens (tertiary/aromatic N) is 3. The van der Waals surface area contributed by atoms with Crippen LogP contribution in [-0.4, -0.2) is 45.5 Å². The number of aromatic amines is 1. The smallest absolute Gasteiger partial charge is 0.183 e. The molecule has 136 valence electrons. The maximum absolute atomic E-state index is 14.2. The van der Waals surface area contributed by atoms with Gasteiger partial charge in [-0.1, -0.05) is 18.5 Å². The van der Waals surface area contributed by atoms with Gasteiger partial charge in [-0.3, -0.25) is 4.79 Å². The summed E-state index contributed by atoms with van der Waals surface area (Å²) in [5.74, 6) is -0.545. The van der Waals surface area contributed by atoms with Gasteiger partial charge in [0.15, 0.2) is 23.2 Å². The summed E-state index contributed by atoms with van der Waals surface area (Å²) in [7, 11) is 1.47. The zero-order chi connectivity index (χ0) is 18.7. The predicted molar refractivity (Wildman–Crippen MR) is 96.7 cm³/mol. The van der Waals surface area contributed by atoms with Gasteiger partial charge >= 0.3 is 0 Å². The third-order valence-electron chi connectivity index (χ3n) is 3.86. The van der Waals surface area contributed by atoms with Crippen molar-refractivity contribution in [2.24, 2.45) is 0 Å². The van der Waals surface area contributed by atoms with E-state index in [4.69, 9.17) is 16.3 Å². The molecular formula is C17H17ClFN5O2. The van der Waals surface area contributed by atoms with Gasteiger partial charge in [0.1, 0.15) is 11.7 Å². The highest BCUT2D eigenvalue weighted by atomic mass is 35.5. The largest absolute Gasteiger partial charge is 0.382 e. The molecule has 1 atom stereocenters. The molecule has 0 spiro atoms. The number of hydrogen-bond donors (Lipinski definition) is 2. The molecule has 0 unspecified atom stereocenters. The van der Waals surface area contributed by atoms with E-state index in [9.17, 15) is 9.18 Å². The molecule has 7 nitrogen and oxygen atoms in total. The highest BCUT2D eigenvalue weighted by Gasteiger charge is 2.20. The van der Waals surface area contributed by atoms with Crippen LogP contribution >= 0.6 is 11.6 Å². The number of rotatable bonds is 7. The Morgan fingerprint density at radius 1 is 1.42 bits per heavy atom. The summed E-state index contributed by atoms with van der Waals surface area (Å²) in [4.78, 5) is 27.5. The normalized spacial score (nSPS) is 12.3. The van der Waals surface area contributed by atoms with Crippen LogP contribution in [-0.2, 0) is 9.53 Å². The Hall–Kier alpha value is -2.58. The second-order valence-corrected chi connectivity index (χ2v) is 6.05. The van der Waals surface area contributed by atoms with Crippen molar-refractivity contribution in [3.8, 4) is 11.4 Å². The van der Waals surface area contributed by atoms with Gasteiger partial charge in [0.25, 0.3) is 0 Å². The van der Waals surface area contributed by atoms with Gasteiger partial charge in [-0.15, -0.1) is 0 Å². The Morgan fingerprint density at radius 2 is 2.23 bits per heavy atom. The minimum atomic E-state index is -0.693. The lowest BCUT2D eigenvalue weighted by Crippen LogP contribution is -2.34. The lowest BCUT2D eigenvalue weighted by Gasteiger charge is -2.17. The van der Waals surface area contributed by atoms with Gasteiger partial charge in [-0.05, 0) is 6.07 Å². The number of H-pyrrole nitrogens is 1. The fraction of sp³-hybridized carbons (Fsp3) is 0.294. The quantitative estimate of drug-likeness (QED) is 0.656. The zero-order valence-electron chi connectivity index (χ0n) is 14.2. The second kappa shape index (κ2) is 7.76. The number of methoxy groups -OCH3 is 1. The Balaban J connectivity index is 1.99. The number of carbonyl (C=O) groups is 1. The summed E-state index contributed by atoms with van der Waals surface area (Å²) in [5.41, 5.74) is 1.24. The van der Waals surface area contributed by atoms with Crippen LogP contribution in [0.2, 0.25) is 5.02 Å². The Morgan fingerprint density at radius 3 is 2.96 bits per heavy atom. The molecule has 0 saturated carbocycles. The van der Waals surface area contributed by atoms with Crippen molar-refractivity contribution >= 4 is 34.2 Å². The van der Waals surface area contributed by atoms with E-state index in [0.717, 1.165) is 6.20 Å². The SMILES string of the molecule is CCC(=O)[C@H](COC)Nc1nc(-c2c[nH]c3ncc(Cl)cc23)ncc1F. The number of ether oxygens (including phenoxy) is 1. The van der Waals surface area contributed by atoms with E-state index in [1.165, 1.54) is 13.3 Å². The highest BCUT2D eigenvalue weighted by Crippen LogP contribution is 2.28. The average molecular weight is 378 g/mol. The van der Waals surface area contributed by atoms with Crippen LogP contribution in [0.15, 0.2) is 24.7 Å². The number of aromatic nitrogens is 4. The molecule has 0 aliphatic heterocycles. The summed E-state index contributed by atoms with van der Waals surface area (Å²) in [6.07, 6.45) is 4.55. The van der Waals surface area contributed by atoms with Crippen molar-refractivity contribution in [1.82, 2.24) is 19.9 Å². The summed E-state index contributed by atoms with van der Waals surface area (Å²) in [6, 6.07) is 1.03. The highest BCUT2D eigenvalue weighted by molar-refractivity contribution is 6.31. The number of hydrogen-bond acceptors (Lipinski definition) is 6. The van der Waals surface area contributed by atoms with Crippen LogP contribution in [0, 0.1) is 5.82 Å². The lowest BCUT2D eigenvalue weighted by molar-refractivity contribution is -0.120. The fourth-order valence-electron chi connectivity index (χ4n) is 2.55. The molecule has 3 aromatic heterocycles. The molecule has 2 N–H and O–H groups in total. The maximum Gasteiger partial charge on any atom is 0.183 e. The number of carbonyl (C=O) groups excluding carboxylic acids is 1. The minimum Gasteiger partial charge on any atom is -0.382 e. The predicted octanol–water partition coefficient (Wildman–Crippen LogP) is 3.22. The van der Waals surface area contributed by atoms with E-state index in [0.29, 0.717) is 28.0 Å². The van der Waals surface area contributed by atoms with Gasteiger partial charge in [0.05, 0.1) is 17.8 Å². The van der Waals surface area contributed by atoms with Gasteiger partial charge in [-0.2, -0.15) is 0 Å². The number of fused-ring (bicyclic) bond motifs is 1. The summed E-state index contributed by atoms with van der Waals surface area (Å²) in [5, 5.41) is 3.99. The Bertz CT molecular complexity index is 946. The molecule has 0 aliphatic carbocycles. The minimum absolute atomic E-state index is 0.0665. The lowest BCUT2D eigenvalue weighted by atomic mass is 10.1. The molecule has 0 aromatic carbocycles. The molecular weight excluding hydrogens is 361 g/mol. The molecule has 0 aliphatic rings. The van der Waals surface area contributed by atoms with Crippen LogP contribution in [0.1, 0.15) is 13.3 Å². The first-order valence-corrected chi connectivity index (χ1v) is 8.35. The summed E-state index contributed by atoms with van der Waals surface area (Å²) < 4.78 is 19.2. The van der Waals surface area contributed by atoms with Gasteiger partial charge in [0, 0.05) is 36.9 Å². The van der Waals surface area contributed by atoms with E-state index in [1.807, 2.05) is 0 Å². The molecule has 0 bridgehead atoms. The number of ketones is 1. The van der Waals surface area contributed by atoms with Crippen molar-refractivity contribution in [2.45, 2.75) is 19.4 Å². The molecule has 3 aromatic rings. The van der Waals surface area contributed by atoms with Crippen LogP contribution in [0.3, 0.4) is 0 Å². The molecule has 0 fully saturated rings. The maximum atomic E-state index is 14.2. The standard InChI is InChI=1S/C17H17ClFN5O2/c1-3-14(25)13(8-26-2)23-17-12(19)7-22-16(24-17)11-6-21-15-10(11)4-9(18)5-20-15/h4-7,13H,3,8H2,1-2H3,(H,20,21)(H,22,23,24)/t13-/m0/s1. The Labute approximate surface area is 154 Å². The molecule has 0 saturated heterocycles. The Kier molecular flexibility index (Phi) is 5.43. The zero-order valence-corrected chi connectivity index (χ0v) is 15.0. The molecule has 0 radical (unpaired) electrons. The molecule has 0 amide bonds. The molecule has 3 rings (SSSR count). The number of halogens is 2. The van der Waals surface area contributed by atoms with Gasteiger partial charge in [0.2, 0.25) is 0 Å². The topological polar surface area (TPSA) is 92.8 Å². The van der Waals surface area contributed by atoms with Crippen molar-refractivity contribution in [3.63, 3.8) is 0 Å². The third kappa shape index (κ3) is 3.66. The average Bonchev–Trinajstić information content (AvgIpc) is 3.05. The van der Waals surface area contributed by atoms with Crippen molar-refractivity contribution < 1.29 is 13.9 Å². The molecule has 3 heterocycles. The number of pyridine rings is 1. The van der Waals surface area contributed by atoms with E-state index in [-0.39, 0.29) is 24.0 Å². The van der Waals surface area contributed by atoms with Crippen LogP contribution in [0.25, 0.3) is 22.4 Å². The molecule has 9 heteroatoms. The number of nitrogens with one attached hydrogen (secondary N) is 2. The van der Waals surface area contributed by atoms with Crippen molar-refractivity contribution in [3.05, 3.63) is 35.5 Å². The first-order valence-electron chi connectivity index (χ1n) is 7.97. The second-order valence-electron chi connectivity index (χ2n) is 5.61. The fourth-order valence-corrected chi connectivity index (χ4v) is 2.71. The molecule has 26 heavy (non-hydrogen) atoms. The van der Waals surface area contributed by atoms with Crippen LogP contribution < -0.4 is 5.32 Å². The van der Waals surface area contributed by atoms with Crippen LogP contribution in [0.5, 0.6) is 0 Å². The monoisotopic (exact) mass is 377 g/mol. The number of Topliss-reactive ketones (excluding diaryl/α,β-unsaturated/α-hetero) is 1. The first kappa shape index (κ1) is 18.2. The van der Waals surface area contributed by atoms with Crippen molar-refractivity contribution in [2.75, 3.05) is 19.0 Å². The van der Waals surface area contributed by atoms with Crippen molar-refractivity contribution in [1.29, 1.82) is 0 Å². The third-order valence-corrected chi connectivity index (χ3v) is 4.07. The van der Waals surface area contributed by atoms with E-state index < -0.39 is 11.9 Å². The summed E-state index contributed by atoms with van der Waals surface area (Å²) in [6.45, 7) is 1.84. The van der Waals surface area contributed by atoms with Crippen LogP contribution in [0.4, 0.5) is 10.2 Å².